The highest BCUT2D eigenvalue weighted by molar-refractivity contribution is 9.10. The van der Waals surface area contributed by atoms with Gasteiger partial charge in [-0.1, -0.05) is 0 Å². The van der Waals surface area contributed by atoms with Crippen LogP contribution in [0.3, 0.4) is 0 Å². The van der Waals surface area contributed by atoms with E-state index >= 15 is 0 Å². The van der Waals surface area contributed by atoms with Crippen molar-refractivity contribution in [2.75, 3.05) is 5.32 Å². The van der Waals surface area contributed by atoms with E-state index in [2.05, 4.69) is 42.9 Å². The van der Waals surface area contributed by atoms with Crippen LogP contribution in [0.4, 0.5) is 5.82 Å². The summed E-state index contributed by atoms with van der Waals surface area (Å²) in [7, 11) is 0. The zero-order chi connectivity index (χ0) is 13.8. The lowest BCUT2D eigenvalue weighted by atomic mass is 10.3. The molecular weight excluding hydrogens is 304 g/mol. The molecule has 0 aromatic carbocycles. The maximum Gasteiger partial charge on any atom is 0.130 e. The van der Waals surface area contributed by atoms with E-state index < -0.39 is 0 Å². The van der Waals surface area contributed by atoms with E-state index in [1.807, 2.05) is 19.9 Å². The average molecular weight is 321 g/mol. The monoisotopic (exact) mass is 320 g/mol. The van der Waals surface area contributed by atoms with Crippen LogP contribution >= 0.6 is 15.9 Å². The molecule has 4 nitrogen and oxygen atoms in total. The Kier molecular flexibility index (Phi) is 4.47. The molecule has 19 heavy (non-hydrogen) atoms. The van der Waals surface area contributed by atoms with Gasteiger partial charge in [0.1, 0.15) is 11.7 Å². The molecule has 0 unspecified atom stereocenters. The molecule has 0 radical (unpaired) electrons. The first kappa shape index (κ1) is 13.9. The third kappa shape index (κ3) is 3.99. The molecular formula is C14H17BrN4. The van der Waals surface area contributed by atoms with Crippen LogP contribution < -0.4 is 5.32 Å². The van der Waals surface area contributed by atoms with E-state index in [4.69, 9.17) is 0 Å². The second-order valence-corrected chi connectivity index (χ2v) is 5.53. The molecule has 0 aliphatic heterocycles. The van der Waals surface area contributed by atoms with Crippen molar-refractivity contribution in [3.63, 3.8) is 0 Å². The lowest BCUT2D eigenvalue weighted by molar-refractivity contribution is 1.15. The number of nitrogens with one attached hydrogen (secondary N) is 1. The molecule has 1 aliphatic rings. The predicted molar refractivity (Wildman–Crippen MR) is 83.8 cm³/mol. The summed E-state index contributed by atoms with van der Waals surface area (Å²) in [6.45, 7) is 7.54. The average Bonchev–Trinajstić information content (AvgIpc) is 3.19. The van der Waals surface area contributed by atoms with E-state index in [0.717, 1.165) is 27.4 Å². The highest BCUT2D eigenvalue weighted by Gasteiger charge is 2.26. The summed E-state index contributed by atoms with van der Waals surface area (Å²) in [5.41, 5.74) is 2.07. The highest BCUT2D eigenvalue weighted by Crippen LogP contribution is 2.31. The standard InChI is InChI=1S/C14H17BrN4/c1-9-6-13(17-8-12(9)15)19-10(2)7-18-14(16-3)11-4-5-11/h6-8,11H,3-5H2,1-2H3,(H,17,19)/b10-7+,18-14-. The first-order valence-electron chi connectivity index (χ1n) is 6.20. The minimum atomic E-state index is 0.509. The molecule has 1 aromatic rings. The number of rotatable bonds is 4. The molecule has 0 spiro atoms. The van der Waals surface area contributed by atoms with Gasteiger partial charge in [0.15, 0.2) is 0 Å². The zero-order valence-electron chi connectivity index (χ0n) is 11.2. The van der Waals surface area contributed by atoms with Crippen molar-refractivity contribution >= 4 is 34.3 Å². The molecule has 1 saturated carbocycles. The van der Waals surface area contributed by atoms with Gasteiger partial charge in [0.05, 0.1) is 0 Å². The molecule has 0 saturated heterocycles. The second kappa shape index (κ2) is 6.10. The van der Waals surface area contributed by atoms with Gasteiger partial charge in [0, 0.05) is 28.5 Å². The molecule has 1 heterocycles. The Hall–Kier alpha value is -1.49. The van der Waals surface area contributed by atoms with E-state index in [9.17, 15) is 0 Å². The molecule has 1 aromatic heterocycles. The van der Waals surface area contributed by atoms with Crippen LogP contribution in [0.15, 0.2) is 38.6 Å². The number of allylic oxidation sites excluding steroid dienone is 1. The number of aromatic nitrogens is 1. The Morgan fingerprint density at radius 3 is 2.89 bits per heavy atom. The van der Waals surface area contributed by atoms with E-state index in [1.165, 1.54) is 12.8 Å². The Morgan fingerprint density at radius 2 is 2.32 bits per heavy atom. The Morgan fingerprint density at radius 1 is 1.58 bits per heavy atom. The maximum absolute atomic E-state index is 4.37. The number of aryl methyl sites for hydroxylation is 1. The molecule has 0 atom stereocenters. The summed E-state index contributed by atoms with van der Waals surface area (Å²) in [5.74, 6) is 2.15. The Bertz CT molecular complexity index is 544. The topological polar surface area (TPSA) is 49.6 Å². The summed E-state index contributed by atoms with van der Waals surface area (Å²) in [5, 5.41) is 3.21. The molecule has 5 heteroatoms. The Labute approximate surface area is 121 Å². The maximum atomic E-state index is 4.37. The molecule has 1 N–H and O–H groups in total. The number of halogens is 1. The largest absolute Gasteiger partial charge is 0.343 e. The van der Waals surface area contributed by atoms with Crippen LogP contribution in [0.1, 0.15) is 25.3 Å². The SMILES string of the molecule is C=N/C(=N\C=C(/C)Nc1cc(C)c(Br)cn1)C1CC1. The molecule has 1 aliphatic carbocycles. The van der Waals surface area contributed by atoms with E-state index in [-0.39, 0.29) is 0 Å². The van der Waals surface area contributed by atoms with Crippen LogP contribution in [0.25, 0.3) is 0 Å². The first-order valence-corrected chi connectivity index (χ1v) is 7.00. The van der Waals surface area contributed by atoms with Crippen molar-refractivity contribution in [3.8, 4) is 0 Å². The number of hydrogen-bond acceptors (Lipinski definition) is 3. The fourth-order valence-corrected chi connectivity index (χ4v) is 1.84. The van der Waals surface area contributed by atoms with Gasteiger partial charge in [-0.25, -0.2) is 15.0 Å². The Balaban J connectivity index is 2.05. The van der Waals surface area contributed by atoms with Crippen molar-refractivity contribution in [2.24, 2.45) is 15.9 Å². The van der Waals surface area contributed by atoms with Gasteiger partial charge in [0.2, 0.25) is 0 Å². The molecule has 0 bridgehead atoms. The fourth-order valence-electron chi connectivity index (χ4n) is 1.62. The summed E-state index contributed by atoms with van der Waals surface area (Å²) in [4.78, 5) is 12.6. The van der Waals surface area contributed by atoms with Crippen LogP contribution in [0.5, 0.6) is 0 Å². The summed E-state index contributed by atoms with van der Waals surface area (Å²) < 4.78 is 1.00. The van der Waals surface area contributed by atoms with Gasteiger partial charge < -0.3 is 5.32 Å². The summed E-state index contributed by atoms with van der Waals surface area (Å²) in [6, 6.07) is 1.98. The van der Waals surface area contributed by atoms with Crippen molar-refractivity contribution in [2.45, 2.75) is 26.7 Å². The molecule has 2 rings (SSSR count). The van der Waals surface area contributed by atoms with Crippen LogP contribution in [0, 0.1) is 12.8 Å². The minimum Gasteiger partial charge on any atom is -0.343 e. The van der Waals surface area contributed by atoms with Gasteiger partial charge in [-0.2, -0.15) is 0 Å². The van der Waals surface area contributed by atoms with Gasteiger partial charge in [0.25, 0.3) is 0 Å². The van der Waals surface area contributed by atoms with Crippen molar-refractivity contribution in [1.29, 1.82) is 0 Å². The zero-order valence-corrected chi connectivity index (χ0v) is 12.7. The molecule has 0 amide bonds. The minimum absolute atomic E-state index is 0.509. The lowest BCUT2D eigenvalue weighted by Crippen LogP contribution is -1.99. The van der Waals surface area contributed by atoms with E-state index in [1.54, 1.807) is 12.4 Å². The number of anilines is 1. The smallest absolute Gasteiger partial charge is 0.130 e. The first-order chi connectivity index (χ1) is 9.10. The third-order valence-corrected chi connectivity index (χ3v) is 3.70. The number of pyridine rings is 1. The summed E-state index contributed by atoms with van der Waals surface area (Å²) >= 11 is 3.43. The highest BCUT2D eigenvalue weighted by atomic mass is 79.9. The number of amidine groups is 1. The van der Waals surface area contributed by atoms with Gasteiger partial charge in [-0.05, 0) is 61.0 Å². The third-order valence-electron chi connectivity index (χ3n) is 2.87. The second-order valence-electron chi connectivity index (χ2n) is 4.68. The van der Waals surface area contributed by atoms with Crippen LogP contribution in [-0.2, 0) is 0 Å². The normalized spacial score (nSPS) is 16.4. The molecule has 1 fully saturated rings. The molecule has 100 valence electrons. The van der Waals surface area contributed by atoms with Gasteiger partial charge in [-0.15, -0.1) is 0 Å². The fraction of sp³-hybridized carbons (Fsp3) is 0.357. The van der Waals surface area contributed by atoms with Gasteiger partial charge in [-0.3, -0.25) is 0 Å². The summed E-state index contributed by atoms with van der Waals surface area (Å²) in [6.07, 6.45) is 5.91. The van der Waals surface area contributed by atoms with Crippen LogP contribution in [0.2, 0.25) is 0 Å². The van der Waals surface area contributed by atoms with E-state index in [0.29, 0.717) is 5.92 Å². The van der Waals surface area contributed by atoms with Crippen molar-refractivity contribution in [1.82, 2.24) is 4.98 Å². The number of aliphatic imine (C=N–C) groups is 2. The number of nitrogens with zero attached hydrogens (tertiary/aromatic N) is 3. The lowest BCUT2D eigenvalue weighted by Gasteiger charge is -2.06. The van der Waals surface area contributed by atoms with Crippen molar-refractivity contribution < 1.29 is 0 Å². The van der Waals surface area contributed by atoms with Crippen molar-refractivity contribution in [3.05, 3.63) is 34.2 Å². The van der Waals surface area contributed by atoms with Gasteiger partial charge >= 0.3 is 0 Å². The number of hydrogen-bond donors (Lipinski definition) is 1. The predicted octanol–water partition coefficient (Wildman–Crippen LogP) is 3.93. The quantitative estimate of drug-likeness (QED) is 0.675. The van der Waals surface area contributed by atoms with Crippen LogP contribution in [-0.4, -0.2) is 17.5 Å².